The van der Waals surface area contributed by atoms with Gasteiger partial charge in [-0.3, -0.25) is 9.59 Å². The van der Waals surface area contributed by atoms with Crippen molar-refractivity contribution in [3.8, 4) is 0 Å². The van der Waals surface area contributed by atoms with Crippen LogP contribution in [0.5, 0.6) is 0 Å². The number of unbranched alkanes of at least 4 members (excludes halogenated alkanes) is 3. The number of hydrogen-bond donors (Lipinski definition) is 0. The van der Waals surface area contributed by atoms with Gasteiger partial charge in [0.05, 0.1) is 7.11 Å². The number of ether oxygens (including phenoxy) is 1. The summed E-state index contributed by atoms with van der Waals surface area (Å²) in [6.45, 7) is 0. The molecule has 0 saturated heterocycles. The van der Waals surface area contributed by atoms with Gasteiger partial charge in [-0.1, -0.05) is 24.4 Å². The lowest BCUT2D eigenvalue weighted by Gasteiger charge is -2.02. The third kappa shape index (κ3) is 4.90. The number of rotatable bonds is 7. The van der Waals surface area contributed by atoms with Crippen LogP contribution in [0.4, 0.5) is 0 Å². The van der Waals surface area contributed by atoms with E-state index in [-0.39, 0.29) is 11.8 Å². The Morgan fingerprint density at radius 1 is 1.24 bits per heavy atom. The Labute approximate surface area is 107 Å². The lowest BCUT2D eigenvalue weighted by atomic mass is 10.0. The number of carbonyl (C=O) groups is 2. The van der Waals surface area contributed by atoms with Gasteiger partial charge in [-0.2, -0.15) is 0 Å². The van der Waals surface area contributed by atoms with Crippen LogP contribution in [0.2, 0.25) is 0 Å². The van der Waals surface area contributed by atoms with Crippen molar-refractivity contribution < 1.29 is 14.3 Å². The van der Waals surface area contributed by atoms with Crippen LogP contribution in [0, 0.1) is 0 Å². The molecule has 0 spiro atoms. The molecule has 0 aromatic rings. The van der Waals surface area contributed by atoms with E-state index >= 15 is 0 Å². The molecule has 0 heterocycles. The van der Waals surface area contributed by atoms with Crippen molar-refractivity contribution in [3.63, 3.8) is 0 Å². The number of methoxy groups -OCH3 is 1. The first-order valence-electron chi connectivity index (χ1n) is 6.12. The maximum Gasteiger partial charge on any atom is 0.305 e. The van der Waals surface area contributed by atoms with Crippen LogP contribution in [0.15, 0.2) is 10.6 Å². The highest BCUT2D eigenvalue weighted by Crippen LogP contribution is 2.29. The summed E-state index contributed by atoms with van der Waals surface area (Å²) < 4.78 is 4.56. The molecule has 3 nitrogen and oxygen atoms in total. The molecule has 0 aliphatic heterocycles. The predicted molar refractivity (Wildman–Crippen MR) is 66.8 cm³/mol. The quantitative estimate of drug-likeness (QED) is 0.520. The number of hydrogen-bond acceptors (Lipinski definition) is 3. The molecule has 0 amide bonds. The Bertz CT molecular complexity index is 321. The molecule has 0 unspecified atom stereocenters. The average molecular weight is 259 g/mol. The van der Waals surface area contributed by atoms with Crippen molar-refractivity contribution in [3.05, 3.63) is 10.6 Å². The molecule has 4 heteroatoms. The molecular formula is C13H19ClO3. The molecule has 1 aliphatic carbocycles. The molecule has 0 atom stereocenters. The Hall–Kier alpha value is -0.830. The number of halogens is 1. The first-order chi connectivity index (χ1) is 8.15. The van der Waals surface area contributed by atoms with Gasteiger partial charge in [0, 0.05) is 23.4 Å². The van der Waals surface area contributed by atoms with E-state index in [0.29, 0.717) is 12.8 Å². The molecule has 0 aromatic heterocycles. The van der Waals surface area contributed by atoms with Crippen molar-refractivity contribution in [2.75, 3.05) is 7.11 Å². The zero-order chi connectivity index (χ0) is 12.7. The molecule has 0 bridgehead atoms. The van der Waals surface area contributed by atoms with E-state index in [4.69, 9.17) is 11.6 Å². The molecule has 0 aromatic carbocycles. The fourth-order valence-electron chi connectivity index (χ4n) is 1.98. The van der Waals surface area contributed by atoms with Gasteiger partial charge >= 0.3 is 5.97 Å². The minimum Gasteiger partial charge on any atom is -0.469 e. The maximum atomic E-state index is 11.4. The number of carbonyl (C=O) groups excluding carboxylic acids is 2. The standard InChI is InChI=1S/C13H19ClO3/c1-17-13(16)7-5-3-2-4-6-10-11(14)8-9-12(10)15/h2-9H2,1H3. The van der Waals surface area contributed by atoms with Crippen molar-refractivity contribution in [1.82, 2.24) is 0 Å². The van der Waals surface area contributed by atoms with Gasteiger partial charge in [-0.05, 0) is 25.7 Å². The van der Waals surface area contributed by atoms with E-state index in [1.165, 1.54) is 7.11 Å². The van der Waals surface area contributed by atoms with Gasteiger partial charge < -0.3 is 4.74 Å². The monoisotopic (exact) mass is 258 g/mol. The number of ketones is 1. The molecule has 1 aliphatic rings. The topological polar surface area (TPSA) is 43.4 Å². The molecule has 96 valence electrons. The van der Waals surface area contributed by atoms with Gasteiger partial charge in [0.1, 0.15) is 0 Å². The second-order valence-electron chi connectivity index (χ2n) is 4.30. The van der Waals surface area contributed by atoms with Crippen LogP contribution in [-0.4, -0.2) is 18.9 Å². The van der Waals surface area contributed by atoms with Crippen molar-refractivity contribution >= 4 is 23.4 Å². The summed E-state index contributed by atoms with van der Waals surface area (Å²) in [6, 6.07) is 0. The lowest BCUT2D eigenvalue weighted by molar-refractivity contribution is -0.140. The third-order valence-electron chi connectivity index (χ3n) is 3.02. The normalized spacial score (nSPS) is 15.5. The summed E-state index contributed by atoms with van der Waals surface area (Å²) >= 11 is 5.97. The molecule has 17 heavy (non-hydrogen) atoms. The van der Waals surface area contributed by atoms with Gasteiger partial charge in [-0.25, -0.2) is 0 Å². The van der Waals surface area contributed by atoms with Crippen LogP contribution >= 0.6 is 11.6 Å². The second-order valence-corrected chi connectivity index (χ2v) is 4.75. The van der Waals surface area contributed by atoms with E-state index in [1.54, 1.807) is 0 Å². The predicted octanol–water partition coefficient (Wildman–Crippen LogP) is 3.36. The summed E-state index contributed by atoms with van der Waals surface area (Å²) in [5, 5.41) is 0.754. The van der Waals surface area contributed by atoms with Crippen LogP contribution in [-0.2, 0) is 14.3 Å². The third-order valence-corrected chi connectivity index (χ3v) is 3.44. The maximum absolute atomic E-state index is 11.4. The van der Waals surface area contributed by atoms with Crippen molar-refractivity contribution in [2.24, 2.45) is 0 Å². The summed E-state index contributed by atoms with van der Waals surface area (Å²) in [7, 11) is 1.41. The molecule has 0 N–H and O–H groups in total. The first kappa shape index (κ1) is 14.2. The second kappa shape index (κ2) is 7.49. The molecule has 0 fully saturated rings. The van der Waals surface area contributed by atoms with E-state index in [9.17, 15) is 9.59 Å². The zero-order valence-electron chi connectivity index (χ0n) is 10.3. The van der Waals surface area contributed by atoms with Crippen LogP contribution in [0.3, 0.4) is 0 Å². The summed E-state index contributed by atoms with van der Waals surface area (Å²) in [6.07, 6.45) is 6.42. The minimum atomic E-state index is -0.151. The fraction of sp³-hybridized carbons (Fsp3) is 0.692. The molecule has 0 radical (unpaired) electrons. The van der Waals surface area contributed by atoms with Gasteiger partial charge in [0.25, 0.3) is 0 Å². The summed E-state index contributed by atoms with van der Waals surface area (Å²) in [5.74, 6) is 0.0614. The highest BCUT2D eigenvalue weighted by molar-refractivity contribution is 6.33. The summed E-state index contributed by atoms with van der Waals surface area (Å²) in [5.41, 5.74) is 0.833. The number of allylic oxidation sites excluding steroid dienone is 2. The highest BCUT2D eigenvalue weighted by Gasteiger charge is 2.20. The Morgan fingerprint density at radius 3 is 2.53 bits per heavy atom. The van der Waals surface area contributed by atoms with Gasteiger partial charge in [0.15, 0.2) is 5.78 Å². The highest BCUT2D eigenvalue weighted by atomic mass is 35.5. The molecule has 1 rings (SSSR count). The smallest absolute Gasteiger partial charge is 0.305 e. The Kier molecular flexibility index (Phi) is 6.27. The lowest BCUT2D eigenvalue weighted by Crippen LogP contribution is -1.99. The first-order valence-corrected chi connectivity index (χ1v) is 6.50. The Balaban J connectivity index is 2.07. The SMILES string of the molecule is COC(=O)CCCCCCC1=C(Cl)CCC1=O. The van der Waals surface area contributed by atoms with Crippen LogP contribution in [0.25, 0.3) is 0 Å². The van der Waals surface area contributed by atoms with Gasteiger partial charge in [0.2, 0.25) is 0 Å². The molecule has 0 saturated carbocycles. The van der Waals surface area contributed by atoms with Crippen molar-refractivity contribution in [1.29, 1.82) is 0 Å². The van der Waals surface area contributed by atoms with Crippen LogP contribution in [0.1, 0.15) is 51.4 Å². The largest absolute Gasteiger partial charge is 0.469 e. The molecular weight excluding hydrogens is 240 g/mol. The van der Waals surface area contributed by atoms with Crippen molar-refractivity contribution in [2.45, 2.75) is 51.4 Å². The van der Waals surface area contributed by atoms with Gasteiger partial charge in [-0.15, -0.1) is 0 Å². The summed E-state index contributed by atoms with van der Waals surface area (Å²) in [4.78, 5) is 22.3. The van der Waals surface area contributed by atoms with E-state index in [0.717, 1.165) is 49.1 Å². The Morgan fingerprint density at radius 2 is 1.94 bits per heavy atom. The van der Waals surface area contributed by atoms with E-state index < -0.39 is 0 Å². The van der Waals surface area contributed by atoms with Crippen LogP contribution < -0.4 is 0 Å². The number of esters is 1. The minimum absolute atomic E-state index is 0.151. The number of Topliss-reactive ketones (excluding diaryl/α,β-unsaturated/α-hetero) is 1. The van der Waals surface area contributed by atoms with E-state index in [1.807, 2.05) is 0 Å². The van der Waals surface area contributed by atoms with E-state index in [2.05, 4.69) is 4.74 Å². The fourth-order valence-corrected chi connectivity index (χ4v) is 2.27. The average Bonchev–Trinajstić information content (AvgIpc) is 2.64. The zero-order valence-corrected chi connectivity index (χ0v) is 11.0.